The van der Waals surface area contributed by atoms with Crippen LogP contribution in [-0.2, 0) is 4.79 Å². The van der Waals surface area contributed by atoms with Gasteiger partial charge in [-0.15, -0.1) is 0 Å². The lowest BCUT2D eigenvalue weighted by atomic mass is 9.76. The van der Waals surface area contributed by atoms with Crippen LogP contribution in [-0.4, -0.2) is 29.1 Å². The molecule has 1 aromatic carbocycles. The van der Waals surface area contributed by atoms with Gasteiger partial charge in [0.1, 0.15) is 11.6 Å². The second-order valence-corrected chi connectivity index (χ2v) is 5.79. The Morgan fingerprint density at radius 2 is 1.86 bits per heavy atom. The minimum absolute atomic E-state index is 0.0665. The highest BCUT2D eigenvalue weighted by atomic mass is 19.1. The van der Waals surface area contributed by atoms with Crippen molar-refractivity contribution >= 4 is 5.97 Å². The van der Waals surface area contributed by atoms with Gasteiger partial charge in [-0.3, -0.25) is 9.69 Å². The van der Waals surface area contributed by atoms with E-state index in [4.69, 9.17) is 0 Å². The molecule has 2 rings (SSSR count). The molecule has 1 atom stereocenters. The van der Waals surface area contributed by atoms with Crippen molar-refractivity contribution in [3.63, 3.8) is 0 Å². The number of hydrogen-bond donors (Lipinski definition) is 1. The summed E-state index contributed by atoms with van der Waals surface area (Å²) in [4.78, 5) is 13.4. The maximum atomic E-state index is 13.8. The van der Waals surface area contributed by atoms with Gasteiger partial charge in [-0.25, -0.2) is 8.78 Å². The molecule has 0 aromatic heterocycles. The first-order chi connectivity index (χ1) is 9.91. The maximum absolute atomic E-state index is 13.8. The number of rotatable bonds is 4. The molecule has 0 spiro atoms. The molecule has 0 radical (unpaired) electrons. The van der Waals surface area contributed by atoms with Crippen LogP contribution in [0.15, 0.2) is 18.2 Å². The van der Waals surface area contributed by atoms with E-state index in [0.29, 0.717) is 32.4 Å². The lowest BCUT2D eigenvalue weighted by Crippen LogP contribution is -2.45. The van der Waals surface area contributed by atoms with Gasteiger partial charge in [-0.2, -0.15) is 0 Å². The topological polar surface area (TPSA) is 40.5 Å². The summed E-state index contributed by atoms with van der Waals surface area (Å²) in [6.45, 7) is 4.72. The lowest BCUT2D eigenvalue weighted by molar-refractivity contribution is -0.152. The molecule has 1 aliphatic rings. The van der Waals surface area contributed by atoms with Crippen LogP contribution in [0.5, 0.6) is 0 Å². The number of carboxylic acids is 1. The second-order valence-electron chi connectivity index (χ2n) is 5.79. The first kappa shape index (κ1) is 15.9. The third kappa shape index (κ3) is 2.93. The molecule has 0 aliphatic carbocycles. The SMILES string of the molecule is CCC1(C(=O)O)CCN(C(C)c2c(F)cccc2F)CC1. The summed E-state index contributed by atoms with van der Waals surface area (Å²) in [7, 11) is 0. The van der Waals surface area contributed by atoms with Crippen molar-refractivity contribution in [1.29, 1.82) is 0 Å². The van der Waals surface area contributed by atoms with Crippen molar-refractivity contribution in [3.05, 3.63) is 35.4 Å². The highest BCUT2D eigenvalue weighted by molar-refractivity contribution is 5.74. The number of aliphatic carboxylic acids is 1. The highest BCUT2D eigenvalue weighted by Crippen LogP contribution is 2.38. The average molecular weight is 297 g/mol. The second kappa shape index (κ2) is 6.10. The summed E-state index contributed by atoms with van der Waals surface area (Å²) in [5, 5.41) is 9.38. The molecule has 21 heavy (non-hydrogen) atoms. The molecule has 1 heterocycles. The van der Waals surface area contributed by atoms with E-state index in [1.165, 1.54) is 18.2 Å². The zero-order valence-electron chi connectivity index (χ0n) is 12.4. The fourth-order valence-corrected chi connectivity index (χ4v) is 3.15. The van der Waals surface area contributed by atoms with E-state index < -0.39 is 29.1 Å². The quantitative estimate of drug-likeness (QED) is 0.923. The fraction of sp³-hybridized carbons (Fsp3) is 0.562. The van der Waals surface area contributed by atoms with E-state index in [-0.39, 0.29) is 5.56 Å². The number of benzene rings is 1. The number of nitrogens with zero attached hydrogens (tertiary/aromatic N) is 1. The smallest absolute Gasteiger partial charge is 0.309 e. The van der Waals surface area contributed by atoms with Gasteiger partial charge in [-0.1, -0.05) is 13.0 Å². The first-order valence-corrected chi connectivity index (χ1v) is 7.32. The molecule has 1 N–H and O–H groups in total. The fourth-order valence-electron chi connectivity index (χ4n) is 3.15. The molecule has 0 bridgehead atoms. The molecule has 1 aromatic rings. The van der Waals surface area contributed by atoms with Crippen LogP contribution in [0.25, 0.3) is 0 Å². The van der Waals surface area contributed by atoms with Crippen LogP contribution in [0, 0.1) is 17.0 Å². The number of piperidine rings is 1. The summed E-state index contributed by atoms with van der Waals surface area (Å²) < 4.78 is 27.7. The van der Waals surface area contributed by atoms with E-state index >= 15 is 0 Å². The highest BCUT2D eigenvalue weighted by Gasteiger charge is 2.41. The van der Waals surface area contributed by atoms with E-state index in [1.807, 2.05) is 11.8 Å². The van der Waals surface area contributed by atoms with Gasteiger partial charge in [-0.05, 0) is 51.4 Å². The Hall–Kier alpha value is -1.49. The molecule has 0 saturated carbocycles. The Morgan fingerprint density at radius 3 is 2.29 bits per heavy atom. The molecule has 116 valence electrons. The van der Waals surface area contributed by atoms with E-state index in [2.05, 4.69) is 0 Å². The molecule has 5 heteroatoms. The van der Waals surface area contributed by atoms with E-state index in [9.17, 15) is 18.7 Å². The summed E-state index contributed by atoms with van der Waals surface area (Å²) in [6.07, 6.45) is 1.61. The largest absolute Gasteiger partial charge is 0.481 e. The minimum Gasteiger partial charge on any atom is -0.481 e. The monoisotopic (exact) mass is 297 g/mol. The van der Waals surface area contributed by atoms with Gasteiger partial charge in [0, 0.05) is 11.6 Å². The lowest BCUT2D eigenvalue weighted by Gasteiger charge is -2.41. The van der Waals surface area contributed by atoms with Crippen LogP contribution in [0.3, 0.4) is 0 Å². The summed E-state index contributed by atoms with van der Waals surface area (Å²) in [5.41, 5.74) is -0.624. The number of hydrogen-bond acceptors (Lipinski definition) is 2. The molecule has 0 amide bonds. The van der Waals surface area contributed by atoms with Crippen molar-refractivity contribution < 1.29 is 18.7 Å². The summed E-state index contributed by atoms with van der Waals surface area (Å²) >= 11 is 0. The van der Waals surface area contributed by atoms with E-state index in [1.54, 1.807) is 6.92 Å². The van der Waals surface area contributed by atoms with Gasteiger partial charge >= 0.3 is 5.97 Å². The molecule has 1 unspecified atom stereocenters. The Bertz CT molecular complexity index is 505. The van der Waals surface area contributed by atoms with Gasteiger partial charge in [0.2, 0.25) is 0 Å². The molecular weight excluding hydrogens is 276 g/mol. The van der Waals surface area contributed by atoms with Crippen molar-refractivity contribution in [3.8, 4) is 0 Å². The van der Waals surface area contributed by atoms with Crippen LogP contribution in [0.4, 0.5) is 8.78 Å². The maximum Gasteiger partial charge on any atom is 0.309 e. The van der Waals surface area contributed by atoms with Crippen molar-refractivity contribution in [2.24, 2.45) is 5.41 Å². The number of halogens is 2. The molecular formula is C16H21F2NO2. The molecule has 1 aliphatic heterocycles. The number of carboxylic acid groups (broad SMARTS) is 1. The van der Waals surface area contributed by atoms with Gasteiger partial charge < -0.3 is 5.11 Å². The Balaban J connectivity index is 2.14. The normalized spacial score (nSPS) is 20.2. The van der Waals surface area contributed by atoms with Crippen LogP contribution < -0.4 is 0 Å². The molecule has 1 fully saturated rings. The van der Waals surface area contributed by atoms with Crippen molar-refractivity contribution in [2.75, 3.05) is 13.1 Å². The zero-order valence-corrected chi connectivity index (χ0v) is 12.4. The molecule has 3 nitrogen and oxygen atoms in total. The van der Waals surface area contributed by atoms with Crippen LogP contribution in [0.2, 0.25) is 0 Å². The molecule has 1 saturated heterocycles. The number of carbonyl (C=O) groups is 1. The number of likely N-dealkylation sites (tertiary alicyclic amines) is 1. The predicted octanol–water partition coefficient (Wildman–Crippen LogP) is 3.60. The minimum atomic E-state index is -0.769. The Kier molecular flexibility index (Phi) is 4.61. The van der Waals surface area contributed by atoms with Gasteiger partial charge in [0.15, 0.2) is 0 Å². The first-order valence-electron chi connectivity index (χ1n) is 7.32. The van der Waals surface area contributed by atoms with Gasteiger partial charge in [0.25, 0.3) is 0 Å². The standard InChI is InChI=1S/C16H21F2NO2/c1-3-16(15(20)21)7-9-19(10-8-16)11(2)14-12(17)5-4-6-13(14)18/h4-6,11H,3,7-10H2,1-2H3,(H,20,21). The van der Waals surface area contributed by atoms with E-state index in [0.717, 1.165) is 0 Å². The van der Waals surface area contributed by atoms with Crippen LogP contribution in [0.1, 0.15) is 44.7 Å². The third-order valence-electron chi connectivity index (χ3n) is 4.85. The Labute approximate surface area is 123 Å². The van der Waals surface area contributed by atoms with Crippen molar-refractivity contribution in [1.82, 2.24) is 4.90 Å². The Morgan fingerprint density at radius 1 is 1.33 bits per heavy atom. The summed E-state index contributed by atoms with van der Waals surface area (Å²) in [6, 6.07) is 3.47. The van der Waals surface area contributed by atoms with Crippen molar-refractivity contribution in [2.45, 2.75) is 39.2 Å². The predicted molar refractivity (Wildman–Crippen MR) is 75.9 cm³/mol. The average Bonchev–Trinajstić information content (AvgIpc) is 2.46. The summed E-state index contributed by atoms with van der Waals surface area (Å²) in [5.74, 6) is -1.87. The van der Waals surface area contributed by atoms with Crippen LogP contribution >= 0.6 is 0 Å². The zero-order chi connectivity index (χ0) is 15.6. The third-order valence-corrected chi connectivity index (χ3v) is 4.85. The van der Waals surface area contributed by atoms with Gasteiger partial charge in [0.05, 0.1) is 5.41 Å².